The Balaban J connectivity index is 1.68. The van der Waals surface area contributed by atoms with E-state index in [-0.39, 0.29) is 6.79 Å². The van der Waals surface area contributed by atoms with E-state index in [0.717, 1.165) is 23.5 Å². The summed E-state index contributed by atoms with van der Waals surface area (Å²) in [4.78, 5) is 4.33. The molecule has 110 valence electrons. The third-order valence-electron chi connectivity index (χ3n) is 3.28. The van der Waals surface area contributed by atoms with Crippen LogP contribution in [0.1, 0.15) is 24.2 Å². The minimum Gasteiger partial charge on any atom is -0.454 e. The van der Waals surface area contributed by atoms with Crippen LogP contribution in [-0.4, -0.2) is 30.0 Å². The van der Waals surface area contributed by atoms with E-state index in [1.165, 1.54) is 0 Å². The minimum atomic E-state index is 0.277. The zero-order valence-corrected chi connectivity index (χ0v) is 12.0. The molecule has 0 fully saturated rings. The van der Waals surface area contributed by atoms with E-state index in [1.807, 2.05) is 31.3 Å². The smallest absolute Gasteiger partial charge is 0.250 e. The van der Waals surface area contributed by atoms with Gasteiger partial charge in [0.1, 0.15) is 0 Å². The van der Waals surface area contributed by atoms with Crippen molar-refractivity contribution in [2.75, 3.05) is 13.8 Å². The molecule has 1 aromatic heterocycles. The fourth-order valence-electron chi connectivity index (χ4n) is 1.98. The van der Waals surface area contributed by atoms with Crippen LogP contribution in [0.3, 0.4) is 0 Å². The molecule has 2 heterocycles. The Bertz CT molecular complexity index is 651. The van der Waals surface area contributed by atoms with Gasteiger partial charge in [0.05, 0.1) is 0 Å². The molecule has 3 rings (SSSR count). The predicted octanol–water partition coefficient (Wildman–Crippen LogP) is 2.12. The van der Waals surface area contributed by atoms with Gasteiger partial charge in [-0.3, -0.25) is 0 Å². The monoisotopic (exact) mass is 287 g/mol. The summed E-state index contributed by atoms with van der Waals surface area (Å²) < 4.78 is 15.8. The van der Waals surface area contributed by atoms with E-state index in [4.69, 9.17) is 14.0 Å². The number of nitrogens with zero attached hydrogens (tertiary/aromatic N) is 2. The van der Waals surface area contributed by atoms with Gasteiger partial charge in [-0.15, -0.1) is 0 Å². The first-order chi connectivity index (χ1) is 10.2. The first-order valence-corrected chi connectivity index (χ1v) is 6.82. The summed E-state index contributed by atoms with van der Waals surface area (Å²) in [5.74, 6) is 2.72. The maximum atomic E-state index is 5.34. The number of likely N-dealkylation sites (N-methyl/N-ethyl adjacent to an activating group) is 1. The number of nitrogens with one attached hydrogen (secondary N) is 1. The number of ether oxygens (including phenoxy) is 2. The Morgan fingerprint density at radius 2 is 2.14 bits per heavy atom. The molecular formula is C15H17N3O3. The lowest BCUT2D eigenvalue weighted by atomic mass is 10.2. The van der Waals surface area contributed by atoms with Crippen molar-refractivity contribution in [1.82, 2.24) is 15.5 Å². The van der Waals surface area contributed by atoms with E-state index in [2.05, 4.69) is 22.4 Å². The fraction of sp³-hybridized carbons (Fsp3) is 0.333. The van der Waals surface area contributed by atoms with Crippen molar-refractivity contribution in [2.45, 2.75) is 19.4 Å². The average Bonchev–Trinajstić information content (AvgIpc) is 3.13. The zero-order valence-electron chi connectivity index (χ0n) is 12.0. The van der Waals surface area contributed by atoms with Crippen LogP contribution in [0.5, 0.6) is 11.5 Å². The molecule has 1 unspecified atom stereocenters. The Labute approximate surface area is 122 Å². The van der Waals surface area contributed by atoms with Crippen molar-refractivity contribution in [1.29, 1.82) is 0 Å². The Morgan fingerprint density at radius 3 is 3.00 bits per heavy atom. The largest absolute Gasteiger partial charge is 0.454 e. The number of hydrogen-bond acceptors (Lipinski definition) is 6. The molecule has 0 spiro atoms. The van der Waals surface area contributed by atoms with Gasteiger partial charge in [-0.05, 0) is 37.7 Å². The van der Waals surface area contributed by atoms with Gasteiger partial charge in [0, 0.05) is 18.5 Å². The van der Waals surface area contributed by atoms with Crippen molar-refractivity contribution in [2.24, 2.45) is 0 Å². The lowest BCUT2D eigenvalue weighted by Gasteiger charge is -2.04. The molecule has 2 aromatic rings. The van der Waals surface area contributed by atoms with Gasteiger partial charge in [-0.25, -0.2) is 0 Å². The molecule has 1 aromatic carbocycles. The lowest BCUT2D eigenvalue weighted by Crippen LogP contribution is -2.24. The van der Waals surface area contributed by atoms with Crippen molar-refractivity contribution < 1.29 is 14.0 Å². The molecule has 0 aliphatic carbocycles. The first kappa shape index (κ1) is 13.6. The number of hydrogen-bond donors (Lipinski definition) is 1. The van der Waals surface area contributed by atoms with Gasteiger partial charge in [0.2, 0.25) is 6.79 Å². The Kier molecular flexibility index (Phi) is 3.87. The second-order valence-electron chi connectivity index (χ2n) is 4.89. The molecule has 0 saturated heterocycles. The van der Waals surface area contributed by atoms with E-state index >= 15 is 0 Å². The van der Waals surface area contributed by atoms with Crippen LogP contribution in [-0.2, 0) is 6.42 Å². The maximum absolute atomic E-state index is 5.34. The predicted molar refractivity (Wildman–Crippen MR) is 78.0 cm³/mol. The van der Waals surface area contributed by atoms with Gasteiger partial charge < -0.3 is 19.3 Å². The summed E-state index contributed by atoms with van der Waals surface area (Å²) >= 11 is 0. The molecule has 0 saturated carbocycles. The second-order valence-corrected chi connectivity index (χ2v) is 4.89. The van der Waals surface area contributed by atoms with Crippen LogP contribution in [0.25, 0.3) is 12.2 Å². The second kappa shape index (κ2) is 5.97. The molecule has 21 heavy (non-hydrogen) atoms. The molecule has 1 aliphatic rings. The van der Waals surface area contributed by atoms with Gasteiger partial charge >= 0.3 is 0 Å². The number of fused-ring (bicyclic) bond motifs is 1. The highest BCUT2D eigenvalue weighted by Gasteiger charge is 2.12. The lowest BCUT2D eigenvalue weighted by molar-refractivity contribution is 0.174. The fourth-order valence-corrected chi connectivity index (χ4v) is 1.98. The topological polar surface area (TPSA) is 69.4 Å². The Morgan fingerprint density at radius 1 is 1.29 bits per heavy atom. The van der Waals surface area contributed by atoms with E-state index in [9.17, 15) is 0 Å². The first-order valence-electron chi connectivity index (χ1n) is 6.82. The molecule has 6 nitrogen and oxygen atoms in total. The zero-order chi connectivity index (χ0) is 14.7. The summed E-state index contributed by atoms with van der Waals surface area (Å²) in [6, 6.07) is 6.06. The van der Waals surface area contributed by atoms with Crippen molar-refractivity contribution in [3.05, 3.63) is 35.5 Å². The van der Waals surface area contributed by atoms with Gasteiger partial charge in [0.25, 0.3) is 5.89 Å². The summed E-state index contributed by atoms with van der Waals surface area (Å²) in [6.45, 7) is 2.34. The van der Waals surface area contributed by atoms with Gasteiger partial charge in [-0.1, -0.05) is 11.2 Å². The average molecular weight is 287 g/mol. The highest BCUT2D eigenvalue weighted by Crippen LogP contribution is 2.32. The molecule has 0 bridgehead atoms. The van der Waals surface area contributed by atoms with Gasteiger partial charge in [-0.2, -0.15) is 4.98 Å². The van der Waals surface area contributed by atoms with E-state index in [1.54, 1.807) is 6.08 Å². The van der Waals surface area contributed by atoms with Crippen LogP contribution >= 0.6 is 0 Å². The minimum absolute atomic E-state index is 0.277. The molecule has 0 radical (unpaired) electrons. The van der Waals surface area contributed by atoms with Crippen molar-refractivity contribution >= 4 is 12.2 Å². The Hall–Kier alpha value is -2.34. The number of aromatic nitrogens is 2. The molecular weight excluding hydrogens is 270 g/mol. The summed E-state index contributed by atoms with van der Waals surface area (Å²) in [6.07, 6.45) is 4.43. The third-order valence-corrected chi connectivity index (χ3v) is 3.28. The maximum Gasteiger partial charge on any atom is 0.250 e. The molecule has 1 atom stereocenters. The van der Waals surface area contributed by atoms with Crippen LogP contribution in [0.15, 0.2) is 22.7 Å². The van der Waals surface area contributed by atoms with Gasteiger partial charge in [0.15, 0.2) is 17.3 Å². The summed E-state index contributed by atoms with van der Waals surface area (Å²) in [7, 11) is 1.91. The van der Waals surface area contributed by atoms with Crippen molar-refractivity contribution in [3.8, 4) is 11.5 Å². The summed E-state index contributed by atoms with van der Waals surface area (Å²) in [5, 5.41) is 7.09. The van der Waals surface area contributed by atoms with Crippen LogP contribution in [0.4, 0.5) is 0 Å². The SMILES string of the molecule is CNC(C)Cc1noc(/C=C/c2ccc3c(c2)OCO3)n1. The molecule has 1 aliphatic heterocycles. The van der Waals surface area contributed by atoms with Crippen LogP contribution < -0.4 is 14.8 Å². The van der Waals surface area contributed by atoms with Crippen molar-refractivity contribution in [3.63, 3.8) is 0 Å². The standard InChI is InChI=1S/C15H17N3O3/c1-10(16-2)7-14-17-15(21-18-14)6-4-11-3-5-12-13(8-11)20-9-19-12/h3-6,8,10,16H,7,9H2,1-2H3/b6-4+. The van der Waals surface area contributed by atoms with Crippen LogP contribution in [0.2, 0.25) is 0 Å². The third kappa shape index (κ3) is 3.22. The molecule has 1 N–H and O–H groups in total. The quantitative estimate of drug-likeness (QED) is 0.908. The number of benzene rings is 1. The highest BCUT2D eigenvalue weighted by molar-refractivity contribution is 5.68. The number of rotatable bonds is 5. The molecule has 6 heteroatoms. The molecule has 0 amide bonds. The normalized spacial score (nSPS) is 14.8. The van der Waals surface area contributed by atoms with Crippen LogP contribution in [0, 0.1) is 0 Å². The highest BCUT2D eigenvalue weighted by atomic mass is 16.7. The van der Waals surface area contributed by atoms with E-state index in [0.29, 0.717) is 17.8 Å². The summed E-state index contributed by atoms with van der Waals surface area (Å²) in [5.41, 5.74) is 0.989. The van der Waals surface area contributed by atoms with E-state index < -0.39 is 0 Å².